The Morgan fingerprint density at radius 3 is 2.80 bits per heavy atom. The summed E-state index contributed by atoms with van der Waals surface area (Å²) in [5.41, 5.74) is 1.92. The molecule has 1 aliphatic rings. The van der Waals surface area contributed by atoms with E-state index in [2.05, 4.69) is 30.3 Å². The summed E-state index contributed by atoms with van der Waals surface area (Å²) < 4.78 is 5.95. The highest BCUT2D eigenvalue weighted by Crippen LogP contribution is 2.28. The van der Waals surface area contributed by atoms with Gasteiger partial charge in [0.25, 0.3) is 0 Å². The van der Waals surface area contributed by atoms with Crippen molar-refractivity contribution in [3.05, 3.63) is 35.4 Å². The molecule has 2 unspecified atom stereocenters. The van der Waals surface area contributed by atoms with E-state index < -0.39 is 0 Å². The van der Waals surface area contributed by atoms with Crippen molar-refractivity contribution in [3.63, 3.8) is 0 Å². The maximum absolute atomic E-state index is 8.89. The summed E-state index contributed by atoms with van der Waals surface area (Å²) in [5.74, 6) is 0. The minimum absolute atomic E-state index is 0.160. The van der Waals surface area contributed by atoms with E-state index in [1.54, 1.807) is 0 Å². The van der Waals surface area contributed by atoms with Gasteiger partial charge in [-0.15, -0.1) is 0 Å². The van der Waals surface area contributed by atoms with Crippen LogP contribution in [0.5, 0.6) is 0 Å². The molecule has 108 valence electrons. The lowest BCUT2D eigenvalue weighted by molar-refractivity contribution is -0.0612. The number of nitrogens with one attached hydrogen (secondary N) is 1. The van der Waals surface area contributed by atoms with Crippen molar-refractivity contribution in [2.75, 3.05) is 33.3 Å². The second-order valence-electron chi connectivity index (χ2n) is 5.27. The Bertz CT molecular complexity index is 452. The Hall–Kier alpha value is -1.41. The SMILES string of the molecule is CCCNCC1OCCN(C)C1c1ccc(C#N)cc1. The molecule has 0 aromatic heterocycles. The number of morpholine rings is 1. The van der Waals surface area contributed by atoms with Gasteiger partial charge in [0, 0.05) is 13.1 Å². The maximum atomic E-state index is 8.89. The minimum Gasteiger partial charge on any atom is -0.374 e. The molecule has 1 saturated heterocycles. The summed E-state index contributed by atoms with van der Waals surface area (Å²) in [4.78, 5) is 2.34. The van der Waals surface area contributed by atoms with Crippen LogP contribution in [0.1, 0.15) is 30.5 Å². The molecular formula is C16H23N3O. The van der Waals surface area contributed by atoms with Crippen molar-refractivity contribution < 1.29 is 4.74 Å². The first-order valence-corrected chi connectivity index (χ1v) is 7.29. The van der Waals surface area contributed by atoms with E-state index in [0.717, 1.165) is 32.7 Å². The zero-order valence-electron chi connectivity index (χ0n) is 12.3. The third kappa shape index (κ3) is 3.57. The largest absolute Gasteiger partial charge is 0.374 e. The van der Waals surface area contributed by atoms with Crippen LogP contribution in [0, 0.1) is 11.3 Å². The molecule has 20 heavy (non-hydrogen) atoms. The summed E-state index contributed by atoms with van der Waals surface area (Å²) in [7, 11) is 2.14. The fourth-order valence-electron chi connectivity index (χ4n) is 2.68. The fraction of sp³-hybridized carbons (Fsp3) is 0.562. The molecule has 1 fully saturated rings. The topological polar surface area (TPSA) is 48.3 Å². The molecule has 0 aliphatic carbocycles. The summed E-state index contributed by atoms with van der Waals surface area (Å²) in [6.07, 6.45) is 1.29. The van der Waals surface area contributed by atoms with Crippen molar-refractivity contribution in [2.45, 2.75) is 25.5 Å². The number of hydrogen-bond acceptors (Lipinski definition) is 4. The number of hydrogen-bond donors (Lipinski definition) is 1. The highest BCUT2D eigenvalue weighted by Gasteiger charge is 2.30. The van der Waals surface area contributed by atoms with Gasteiger partial charge in [-0.1, -0.05) is 19.1 Å². The first kappa shape index (κ1) is 15.0. The number of ether oxygens (including phenoxy) is 1. The first-order chi connectivity index (χ1) is 9.76. The normalized spacial score (nSPS) is 23.4. The maximum Gasteiger partial charge on any atom is 0.0991 e. The van der Waals surface area contributed by atoms with Crippen LogP contribution in [0.3, 0.4) is 0 Å². The summed E-state index contributed by atoms with van der Waals surface area (Å²) in [6, 6.07) is 10.3. The molecule has 0 radical (unpaired) electrons. The molecule has 0 bridgehead atoms. The lowest BCUT2D eigenvalue weighted by Crippen LogP contribution is -2.47. The lowest BCUT2D eigenvalue weighted by atomic mass is 9.97. The molecule has 1 N–H and O–H groups in total. The third-order valence-corrected chi connectivity index (χ3v) is 3.76. The molecule has 2 rings (SSSR count). The highest BCUT2D eigenvalue weighted by molar-refractivity contribution is 5.33. The zero-order valence-corrected chi connectivity index (χ0v) is 12.3. The molecule has 4 nitrogen and oxygen atoms in total. The van der Waals surface area contributed by atoms with E-state index >= 15 is 0 Å². The molecule has 0 spiro atoms. The fourth-order valence-corrected chi connectivity index (χ4v) is 2.68. The number of likely N-dealkylation sites (N-methyl/N-ethyl adjacent to an activating group) is 1. The van der Waals surface area contributed by atoms with E-state index in [4.69, 9.17) is 10.00 Å². The predicted octanol–water partition coefficient (Wildman–Crippen LogP) is 1.93. The van der Waals surface area contributed by atoms with Crippen LogP contribution in [-0.2, 0) is 4.74 Å². The minimum atomic E-state index is 0.160. The predicted molar refractivity (Wildman–Crippen MR) is 79.4 cm³/mol. The van der Waals surface area contributed by atoms with Gasteiger partial charge < -0.3 is 10.1 Å². The number of nitrogens with zero attached hydrogens (tertiary/aromatic N) is 2. The van der Waals surface area contributed by atoms with Crippen LogP contribution in [0.2, 0.25) is 0 Å². The van der Waals surface area contributed by atoms with Crippen LogP contribution < -0.4 is 5.32 Å². The third-order valence-electron chi connectivity index (χ3n) is 3.76. The van der Waals surface area contributed by atoms with Gasteiger partial charge in [-0.05, 0) is 37.7 Å². The Morgan fingerprint density at radius 2 is 2.15 bits per heavy atom. The van der Waals surface area contributed by atoms with Gasteiger partial charge in [-0.25, -0.2) is 0 Å². The Balaban J connectivity index is 2.11. The molecule has 0 saturated carbocycles. The summed E-state index contributed by atoms with van der Waals surface area (Å²) in [5, 5.41) is 12.3. The summed E-state index contributed by atoms with van der Waals surface area (Å²) >= 11 is 0. The molecule has 2 atom stereocenters. The standard InChI is InChI=1S/C16H23N3O/c1-3-8-18-12-15-16(19(2)9-10-20-15)14-6-4-13(11-17)5-7-14/h4-7,15-16,18H,3,8-10,12H2,1-2H3. The van der Waals surface area contributed by atoms with Gasteiger partial charge in [0.05, 0.1) is 30.4 Å². The van der Waals surface area contributed by atoms with Gasteiger partial charge in [0.1, 0.15) is 0 Å². The van der Waals surface area contributed by atoms with Crippen molar-refractivity contribution in [1.82, 2.24) is 10.2 Å². The van der Waals surface area contributed by atoms with E-state index in [1.807, 2.05) is 24.3 Å². The average molecular weight is 273 g/mol. The monoisotopic (exact) mass is 273 g/mol. The molecule has 1 heterocycles. The van der Waals surface area contributed by atoms with Crippen LogP contribution in [0.4, 0.5) is 0 Å². The molecule has 1 aromatic carbocycles. The van der Waals surface area contributed by atoms with Crippen molar-refractivity contribution in [1.29, 1.82) is 5.26 Å². The first-order valence-electron chi connectivity index (χ1n) is 7.29. The van der Waals surface area contributed by atoms with Gasteiger partial charge in [-0.2, -0.15) is 5.26 Å². The van der Waals surface area contributed by atoms with Crippen LogP contribution in [0.15, 0.2) is 24.3 Å². The van der Waals surface area contributed by atoms with Crippen molar-refractivity contribution in [3.8, 4) is 6.07 Å². The van der Waals surface area contributed by atoms with E-state index in [1.165, 1.54) is 5.56 Å². The number of nitriles is 1. The van der Waals surface area contributed by atoms with Gasteiger partial charge >= 0.3 is 0 Å². The van der Waals surface area contributed by atoms with E-state index in [-0.39, 0.29) is 12.1 Å². The number of rotatable bonds is 5. The van der Waals surface area contributed by atoms with Crippen molar-refractivity contribution >= 4 is 0 Å². The second kappa shape index (κ2) is 7.39. The molecule has 1 aromatic rings. The second-order valence-corrected chi connectivity index (χ2v) is 5.27. The number of benzene rings is 1. The van der Waals surface area contributed by atoms with Crippen LogP contribution in [0.25, 0.3) is 0 Å². The highest BCUT2D eigenvalue weighted by atomic mass is 16.5. The smallest absolute Gasteiger partial charge is 0.0991 e. The van der Waals surface area contributed by atoms with E-state index in [0.29, 0.717) is 5.56 Å². The Morgan fingerprint density at radius 1 is 1.40 bits per heavy atom. The van der Waals surface area contributed by atoms with Gasteiger partial charge in [-0.3, -0.25) is 4.90 Å². The summed E-state index contributed by atoms with van der Waals surface area (Å²) in [6.45, 7) is 5.77. The van der Waals surface area contributed by atoms with Crippen LogP contribution in [-0.4, -0.2) is 44.3 Å². The average Bonchev–Trinajstić information content (AvgIpc) is 2.48. The van der Waals surface area contributed by atoms with Gasteiger partial charge in [0.15, 0.2) is 0 Å². The Kier molecular flexibility index (Phi) is 5.54. The Labute approximate surface area is 121 Å². The molecule has 1 aliphatic heterocycles. The molecule has 0 amide bonds. The quantitative estimate of drug-likeness (QED) is 0.833. The van der Waals surface area contributed by atoms with Gasteiger partial charge in [0.2, 0.25) is 0 Å². The lowest BCUT2D eigenvalue weighted by Gasteiger charge is -2.39. The van der Waals surface area contributed by atoms with Crippen LogP contribution >= 0.6 is 0 Å². The zero-order chi connectivity index (χ0) is 14.4. The van der Waals surface area contributed by atoms with Crippen molar-refractivity contribution in [2.24, 2.45) is 0 Å². The van der Waals surface area contributed by atoms with E-state index in [9.17, 15) is 0 Å². The molecule has 4 heteroatoms. The molecular weight excluding hydrogens is 250 g/mol.